The molecule has 0 unspecified atom stereocenters. The van der Waals surface area contributed by atoms with Crippen LogP contribution in [0.15, 0.2) is 18.3 Å². The van der Waals surface area contributed by atoms with Crippen LogP contribution in [0.5, 0.6) is 0 Å². The second-order valence-electron chi connectivity index (χ2n) is 5.15. The Balaban J connectivity index is 2.02. The van der Waals surface area contributed by atoms with Gasteiger partial charge in [0.15, 0.2) is 5.82 Å². The summed E-state index contributed by atoms with van der Waals surface area (Å²) in [5.41, 5.74) is 3.11. The highest BCUT2D eigenvalue weighted by Gasteiger charge is 2.18. The van der Waals surface area contributed by atoms with Crippen LogP contribution in [0.4, 0.5) is 5.82 Å². The lowest BCUT2D eigenvalue weighted by Gasteiger charge is -2.01. The molecule has 0 aliphatic heterocycles. The van der Waals surface area contributed by atoms with Crippen LogP contribution in [0.3, 0.4) is 0 Å². The number of hydrogen-bond donors (Lipinski definition) is 1. The molecule has 6 heteroatoms. The number of carbonyl (C=O) groups excluding carboxylic acids is 1. The molecule has 1 amide bonds. The van der Waals surface area contributed by atoms with Crippen LogP contribution in [0.25, 0.3) is 10.2 Å². The van der Waals surface area contributed by atoms with Crippen molar-refractivity contribution in [2.24, 2.45) is 7.05 Å². The van der Waals surface area contributed by atoms with Gasteiger partial charge in [0.25, 0.3) is 5.91 Å². The maximum Gasteiger partial charge on any atom is 0.267 e. The molecule has 0 spiro atoms. The minimum Gasteiger partial charge on any atom is -0.304 e. The summed E-state index contributed by atoms with van der Waals surface area (Å²) in [4.78, 5) is 18.6. The average molecular weight is 300 g/mol. The smallest absolute Gasteiger partial charge is 0.267 e. The molecule has 0 aromatic carbocycles. The van der Waals surface area contributed by atoms with Crippen LogP contribution in [-0.4, -0.2) is 20.7 Å². The number of fused-ring (bicyclic) bond motifs is 1. The first-order valence-corrected chi connectivity index (χ1v) is 7.45. The van der Waals surface area contributed by atoms with E-state index >= 15 is 0 Å². The van der Waals surface area contributed by atoms with E-state index in [9.17, 15) is 4.79 Å². The van der Waals surface area contributed by atoms with Gasteiger partial charge in [0.2, 0.25) is 0 Å². The number of carbonyl (C=O) groups is 1. The van der Waals surface area contributed by atoms with E-state index in [0.717, 1.165) is 27.0 Å². The Bertz CT molecular complexity index is 847. The quantitative estimate of drug-likeness (QED) is 0.790. The highest BCUT2D eigenvalue weighted by atomic mass is 32.1. The summed E-state index contributed by atoms with van der Waals surface area (Å²) in [5.74, 6) is 0.423. The Morgan fingerprint density at radius 2 is 2.10 bits per heavy atom. The number of nitrogens with one attached hydrogen (secondary N) is 1. The van der Waals surface area contributed by atoms with Crippen molar-refractivity contribution in [3.63, 3.8) is 0 Å². The Morgan fingerprint density at radius 3 is 2.76 bits per heavy atom. The summed E-state index contributed by atoms with van der Waals surface area (Å²) in [5, 5.41) is 8.07. The van der Waals surface area contributed by atoms with E-state index in [1.54, 1.807) is 16.9 Å². The molecule has 0 saturated heterocycles. The van der Waals surface area contributed by atoms with Crippen molar-refractivity contribution in [1.82, 2.24) is 14.8 Å². The lowest BCUT2D eigenvalue weighted by atomic mass is 10.1. The highest BCUT2D eigenvalue weighted by Crippen LogP contribution is 2.32. The Morgan fingerprint density at radius 1 is 1.33 bits per heavy atom. The summed E-state index contributed by atoms with van der Waals surface area (Å²) < 4.78 is 1.66. The van der Waals surface area contributed by atoms with Crippen molar-refractivity contribution in [1.29, 1.82) is 0 Å². The van der Waals surface area contributed by atoms with Crippen molar-refractivity contribution in [3.8, 4) is 0 Å². The van der Waals surface area contributed by atoms with Crippen LogP contribution < -0.4 is 5.32 Å². The second-order valence-corrected chi connectivity index (χ2v) is 6.14. The van der Waals surface area contributed by atoms with Crippen molar-refractivity contribution in [2.75, 3.05) is 5.32 Å². The van der Waals surface area contributed by atoms with Gasteiger partial charge in [0.05, 0.1) is 4.88 Å². The zero-order valence-electron chi connectivity index (χ0n) is 12.4. The number of amides is 1. The van der Waals surface area contributed by atoms with Crippen LogP contribution in [0, 0.1) is 20.8 Å². The third-order valence-corrected chi connectivity index (χ3v) is 4.57. The molecule has 1 N–H and O–H groups in total. The third kappa shape index (κ3) is 2.42. The molecule has 5 nitrogen and oxygen atoms in total. The van der Waals surface area contributed by atoms with E-state index in [2.05, 4.69) is 22.3 Å². The predicted octanol–water partition coefficient (Wildman–Crippen LogP) is 3.21. The molecule has 0 radical (unpaired) electrons. The number of anilines is 1. The molecular weight excluding hydrogens is 284 g/mol. The lowest BCUT2D eigenvalue weighted by molar-refractivity contribution is 0.102. The zero-order chi connectivity index (χ0) is 15.1. The fourth-order valence-electron chi connectivity index (χ4n) is 2.49. The van der Waals surface area contributed by atoms with Gasteiger partial charge in [0.1, 0.15) is 4.83 Å². The number of rotatable bonds is 2. The van der Waals surface area contributed by atoms with Crippen LogP contribution in [-0.2, 0) is 7.05 Å². The van der Waals surface area contributed by atoms with Crippen molar-refractivity contribution in [3.05, 3.63) is 40.0 Å². The molecule has 0 fully saturated rings. The zero-order valence-corrected chi connectivity index (χ0v) is 13.2. The van der Waals surface area contributed by atoms with E-state index in [1.165, 1.54) is 11.3 Å². The summed E-state index contributed by atoms with van der Waals surface area (Å²) in [6.07, 6.45) is 1.79. The first kappa shape index (κ1) is 13.8. The topological polar surface area (TPSA) is 59.8 Å². The van der Waals surface area contributed by atoms with E-state index < -0.39 is 0 Å². The van der Waals surface area contributed by atoms with Crippen LogP contribution >= 0.6 is 11.3 Å². The molecule has 3 aromatic heterocycles. The number of pyridine rings is 1. The molecule has 3 rings (SSSR count). The summed E-state index contributed by atoms with van der Waals surface area (Å²) in [7, 11) is 1.82. The largest absolute Gasteiger partial charge is 0.304 e. The molecule has 108 valence electrons. The fraction of sp³-hybridized carbons (Fsp3) is 0.267. The number of aryl methyl sites for hydroxylation is 4. The van der Waals surface area contributed by atoms with Gasteiger partial charge in [-0.1, -0.05) is 0 Å². The molecule has 0 saturated carbocycles. The monoisotopic (exact) mass is 300 g/mol. The molecule has 21 heavy (non-hydrogen) atoms. The number of nitrogens with zero attached hydrogens (tertiary/aromatic N) is 3. The normalized spacial score (nSPS) is 11.0. The summed E-state index contributed by atoms with van der Waals surface area (Å²) in [6.45, 7) is 5.99. The first-order valence-electron chi connectivity index (χ1n) is 6.64. The Hall–Kier alpha value is -2.21. The molecule has 3 heterocycles. The summed E-state index contributed by atoms with van der Waals surface area (Å²) in [6, 6.07) is 3.82. The molecular formula is C15H16N4OS. The Labute approximate surface area is 126 Å². The van der Waals surface area contributed by atoms with E-state index in [-0.39, 0.29) is 5.91 Å². The number of thiophene rings is 1. The van der Waals surface area contributed by atoms with Gasteiger partial charge in [-0.05, 0) is 38.0 Å². The first-order chi connectivity index (χ1) is 9.95. The van der Waals surface area contributed by atoms with Gasteiger partial charge >= 0.3 is 0 Å². The average Bonchev–Trinajstić information content (AvgIpc) is 2.93. The fourth-order valence-corrected chi connectivity index (χ4v) is 3.69. The minimum absolute atomic E-state index is 0.133. The van der Waals surface area contributed by atoms with Crippen molar-refractivity contribution < 1.29 is 4.79 Å². The van der Waals surface area contributed by atoms with Crippen LogP contribution in [0.2, 0.25) is 0 Å². The van der Waals surface area contributed by atoms with Gasteiger partial charge in [-0.2, -0.15) is 5.10 Å². The van der Waals surface area contributed by atoms with Gasteiger partial charge < -0.3 is 5.32 Å². The van der Waals surface area contributed by atoms with Crippen LogP contribution in [0.1, 0.15) is 26.5 Å². The lowest BCUT2D eigenvalue weighted by Crippen LogP contribution is -2.12. The third-order valence-electron chi connectivity index (χ3n) is 3.39. The minimum atomic E-state index is -0.133. The SMILES string of the molecule is Cc1cc(C)c2c(C)c(C(=O)Nc3ccn(C)n3)sc2n1. The highest BCUT2D eigenvalue weighted by molar-refractivity contribution is 7.20. The van der Waals surface area contributed by atoms with E-state index in [1.807, 2.05) is 27.0 Å². The van der Waals surface area contributed by atoms with Gasteiger partial charge in [0, 0.05) is 30.4 Å². The van der Waals surface area contributed by atoms with Crippen molar-refractivity contribution in [2.45, 2.75) is 20.8 Å². The predicted molar refractivity (Wildman–Crippen MR) is 85.0 cm³/mol. The molecule has 0 aliphatic carbocycles. The van der Waals surface area contributed by atoms with Gasteiger partial charge in [-0.25, -0.2) is 4.98 Å². The second kappa shape index (κ2) is 4.96. The number of aromatic nitrogens is 3. The molecule has 0 atom stereocenters. The maximum atomic E-state index is 12.4. The maximum absolute atomic E-state index is 12.4. The Kier molecular flexibility index (Phi) is 3.25. The standard InChI is InChI=1S/C15H16N4OS/c1-8-7-9(2)16-15-12(8)10(3)13(21-15)14(20)17-11-5-6-19(4)18-11/h5-7H,1-4H3,(H,17,18,20). The van der Waals surface area contributed by atoms with E-state index in [0.29, 0.717) is 10.7 Å². The van der Waals surface area contributed by atoms with E-state index in [4.69, 9.17) is 0 Å². The number of hydrogen-bond acceptors (Lipinski definition) is 4. The summed E-state index contributed by atoms with van der Waals surface area (Å²) >= 11 is 1.43. The molecule has 3 aromatic rings. The molecule has 0 bridgehead atoms. The van der Waals surface area contributed by atoms with Crippen molar-refractivity contribution >= 4 is 33.3 Å². The van der Waals surface area contributed by atoms with Gasteiger partial charge in [-0.15, -0.1) is 11.3 Å². The molecule has 0 aliphatic rings. The van der Waals surface area contributed by atoms with Gasteiger partial charge in [-0.3, -0.25) is 9.48 Å².